The van der Waals surface area contributed by atoms with Crippen molar-refractivity contribution in [1.82, 2.24) is 5.32 Å². The zero-order chi connectivity index (χ0) is 19.9. The second kappa shape index (κ2) is 9.31. The van der Waals surface area contributed by atoms with E-state index >= 15 is 0 Å². The number of hydrogen-bond donors (Lipinski definition) is 2. The van der Waals surface area contributed by atoms with Gasteiger partial charge in [-0.2, -0.15) is 0 Å². The van der Waals surface area contributed by atoms with Crippen LogP contribution in [0.1, 0.15) is 5.56 Å². The summed E-state index contributed by atoms with van der Waals surface area (Å²) in [5, 5.41) is 6.29. The fourth-order valence-electron chi connectivity index (χ4n) is 2.27. The van der Waals surface area contributed by atoms with E-state index in [1.807, 2.05) is 18.2 Å². The van der Waals surface area contributed by atoms with Crippen LogP contribution in [0.2, 0.25) is 0 Å². The van der Waals surface area contributed by atoms with Crippen LogP contribution in [0.4, 0.5) is 18.9 Å². The Bertz CT molecular complexity index is 767. The maximum absolute atomic E-state index is 12.1. The van der Waals surface area contributed by atoms with E-state index in [-0.39, 0.29) is 5.75 Å². The molecular weight excluding hydrogens is 381 g/mol. The van der Waals surface area contributed by atoms with Gasteiger partial charge in [-0.25, -0.2) is 0 Å². The van der Waals surface area contributed by atoms with E-state index in [2.05, 4.69) is 15.4 Å². The lowest BCUT2D eigenvalue weighted by Crippen LogP contribution is -2.30. The highest BCUT2D eigenvalue weighted by Crippen LogP contribution is 2.27. The lowest BCUT2D eigenvalue weighted by atomic mass is 10.1. The first-order chi connectivity index (χ1) is 12.8. The molecule has 146 valence electrons. The van der Waals surface area contributed by atoms with E-state index < -0.39 is 6.36 Å². The predicted octanol–water partition coefficient (Wildman–Crippen LogP) is 4.13. The summed E-state index contributed by atoms with van der Waals surface area (Å²) < 4.78 is 50.7. The molecule has 2 N–H and O–H groups in total. The zero-order valence-corrected chi connectivity index (χ0v) is 15.5. The van der Waals surface area contributed by atoms with E-state index in [1.54, 1.807) is 14.2 Å². The van der Waals surface area contributed by atoms with Crippen LogP contribution in [0.5, 0.6) is 17.2 Å². The fourth-order valence-corrected chi connectivity index (χ4v) is 2.49. The number of methoxy groups -OCH3 is 2. The molecule has 0 fully saturated rings. The van der Waals surface area contributed by atoms with Gasteiger partial charge in [-0.1, -0.05) is 6.07 Å². The van der Waals surface area contributed by atoms with E-state index in [4.69, 9.17) is 21.7 Å². The summed E-state index contributed by atoms with van der Waals surface area (Å²) in [6, 6.07) is 11.0. The minimum Gasteiger partial charge on any atom is -0.493 e. The van der Waals surface area contributed by atoms with Gasteiger partial charge >= 0.3 is 6.36 Å². The molecular formula is C18H19F3N2O3S. The molecule has 0 amide bonds. The maximum Gasteiger partial charge on any atom is 0.573 e. The Morgan fingerprint density at radius 2 is 1.67 bits per heavy atom. The normalized spacial score (nSPS) is 10.9. The van der Waals surface area contributed by atoms with E-state index in [1.165, 1.54) is 24.3 Å². The Kier molecular flexibility index (Phi) is 7.12. The SMILES string of the molecule is COc1ccc(CCNC(=S)Nc2ccc(OC(F)(F)F)cc2)cc1OC. The standard InChI is InChI=1S/C18H19F3N2O3S/c1-24-15-8-3-12(11-16(15)25-2)9-10-22-17(27)23-13-4-6-14(7-5-13)26-18(19,20)21/h3-8,11H,9-10H2,1-2H3,(H2,22,23,27). The molecule has 0 aromatic heterocycles. The molecule has 2 aromatic rings. The van der Waals surface area contributed by atoms with Crippen molar-refractivity contribution in [3.63, 3.8) is 0 Å². The lowest BCUT2D eigenvalue weighted by Gasteiger charge is -2.13. The fraction of sp³-hybridized carbons (Fsp3) is 0.278. The molecule has 2 rings (SSSR count). The van der Waals surface area contributed by atoms with E-state index in [9.17, 15) is 13.2 Å². The first kappa shape index (κ1) is 20.6. The lowest BCUT2D eigenvalue weighted by molar-refractivity contribution is -0.274. The summed E-state index contributed by atoms with van der Waals surface area (Å²) in [6.45, 7) is 0.566. The summed E-state index contributed by atoms with van der Waals surface area (Å²) in [5.41, 5.74) is 1.59. The van der Waals surface area contributed by atoms with Crippen molar-refractivity contribution >= 4 is 23.0 Å². The average Bonchev–Trinajstić information content (AvgIpc) is 2.62. The quantitative estimate of drug-likeness (QED) is 0.682. The van der Waals surface area contributed by atoms with Crippen LogP contribution in [0, 0.1) is 0 Å². The third-order valence-electron chi connectivity index (χ3n) is 3.49. The predicted molar refractivity (Wildman–Crippen MR) is 101 cm³/mol. The van der Waals surface area contributed by atoms with Crippen LogP contribution >= 0.6 is 12.2 Å². The van der Waals surface area contributed by atoms with Crippen molar-refractivity contribution in [2.24, 2.45) is 0 Å². The Morgan fingerprint density at radius 1 is 1.00 bits per heavy atom. The topological polar surface area (TPSA) is 51.8 Å². The van der Waals surface area contributed by atoms with Crippen molar-refractivity contribution in [3.05, 3.63) is 48.0 Å². The smallest absolute Gasteiger partial charge is 0.493 e. The van der Waals surface area contributed by atoms with Crippen molar-refractivity contribution < 1.29 is 27.4 Å². The molecule has 0 aliphatic rings. The number of ether oxygens (including phenoxy) is 3. The molecule has 0 unspecified atom stereocenters. The average molecular weight is 400 g/mol. The van der Waals surface area contributed by atoms with Crippen LogP contribution in [0.3, 0.4) is 0 Å². The Balaban J connectivity index is 1.81. The largest absolute Gasteiger partial charge is 0.573 e. The van der Waals surface area contributed by atoms with Gasteiger partial charge in [0, 0.05) is 12.2 Å². The molecule has 0 aliphatic heterocycles. The number of benzene rings is 2. The number of halogens is 3. The monoisotopic (exact) mass is 400 g/mol. The molecule has 0 aliphatic carbocycles. The second-order valence-corrected chi connectivity index (χ2v) is 5.80. The molecule has 0 atom stereocenters. The van der Waals surface area contributed by atoms with Crippen molar-refractivity contribution in [1.29, 1.82) is 0 Å². The van der Waals surface area contributed by atoms with Gasteiger partial charge in [0.1, 0.15) is 5.75 Å². The van der Waals surface area contributed by atoms with Crippen LogP contribution < -0.4 is 24.8 Å². The van der Waals surface area contributed by atoms with Crippen LogP contribution in [0.25, 0.3) is 0 Å². The first-order valence-electron chi connectivity index (χ1n) is 7.92. The molecule has 5 nitrogen and oxygen atoms in total. The maximum atomic E-state index is 12.1. The molecule has 0 saturated heterocycles. The number of rotatable bonds is 7. The summed E-state index contributed by atoms with van der Waals surface area (Å²) in [7, 11) is 3.15. The highest BCUT2D eigenvalue weighted by atomic mass is 32.1. The number of alkyl halides is 3. The van der Waals surface area contributed by atoms with E-state index in [0.717, 1.165) is 5.56 Å². The van der Waals surface area contributed by atoms with Gasteiger partial charge in [0.05, 0.1) is 14.2 Å². The molecule has 0 radical (unpaired) electrons. The molecule has 2 aromatic carbocycles. The highest BCUT2D eigenvalue weighted by molar-refractivity contribution is 7.80. The number of thiocarbonyl (C=S) groups is 1. The molecule has 27 heavy (non-hydrogen) atoms. The minimum absolute atomic E-state index is 0.291. The highest BCUT2D eigenvalue weighted by Gasteiger charge is 2.30. The van der Waals surface area contributed by atoms with Gasteiger partial charge in [-0.05, 0) is 60.6 Å². The molecule has 0 saturated carbocycles. The van der Waals surface area contributed by atoms with Gasteiger partial charge in [-0.15, -0.1) is 13.2 Å². The second-order valence-electron chi connectivity index (χ2n) is 5.39. The number of hydrogen-bond acceptors (Lipinski definition) is 4. The third-order valence-corrected chi connectivity index (χ3v) is 3.74. The summed E-state index contributed by atoms with van der Waals surface area (Å²) >= 11 is 5.18. The van der Waals surface area contributed by atoms with Crippen LogP contribution in [-0.2, 0) is 6.42 Å². The first-order valence-corrected chi connectivity index (χ1v) is 8.33. The molecule has 0 heterocycles. The van der Waals surface area contributed by atoms with E-state index in [0.29, 0.717) is 35.3 Å². The molecule has 9 heteroatoms. The van der Waals surface area contributed by atoms with Crippen molar-refractivity contribution in [2.75, 3.05) is 26.1 Å². The summed E-state index contributed by atoms with van der Waals surface area (Å²) in [5.74, 6) is 1.02. The number of nitrogens with one attached hydrogen (secondary N) is 2. The Morgan fingerprint density at radius 3 is 2.26 bits per heavy atom. The van der Waals surface area contributed by atoms with Crippen LogP contribution in [0.15, 0.2) is 42.5 Å². The van der Waals surface area contributed by atoms with Crippen molar-refractivity contribution in [3.8, 4) is 17.2 Å². The third kappa shape index (κ3) is 6.86. The van der Waals surface area contributed by atoms with Gasteiger partial charge in [0.15, 0.2) is 16.6 Å². The summed E-state index contributed by atoms with van der Waals surface area (Å²) in [4.78, 5) is 0. The van der Waals surface area contributed by atoms with Crippen LogP contribution in [-0.4, -0.2) is 32.2 Å². The minimum atomic E-state index is -4.71. The van der Waals surface area contributed by atoms with Gasteiger partial charge in [0.2, 0.25) is 0 Å². The van der Waals surface area contributed by atoms with Crippen molar-refractivity contribution in [2.45, 2.75) is 12.8 Å². The Hall–Kier alpha value is -2.68. The molecule has 0 spiro atoms. The van der Waals surface area contributed by atoms with Gasteiger partial charge in [0.25, 0.3) is 0 Å². The summed E-state index contributed by atoms with van der Waals surface area (Å²) in [6.07, 6.45) is -4.02. The Labute approximate surface area is 160 Å². The van der Waals surface area contributed by atoms with Gasteiger partial charge < -0.3 is 24.8 Å². The zero-order valence-electron chi connectivity index (χ0n) is 14.7. The number of anilines is 1. The molecule has 0 bridgehead atoms. The van der Waals surface area contributed by atoms with Gasteiger partial charge in [-0.3, -0.25) is 0 Å².